The first-order chi connectivity index (χ1) is 16.3. The van der Waals surface area contributed by atoms with Crippen molar-refractivity contribution in [3.63, 3.8) is 0 Å². The van der Waals surface area contributed by atoms with Gasteiger partial charge in [0, 0.05) is 28.4 Å². The van der Waals surface area contributed by atoms with E-state index in [9.17, 15) is 18.3 Å². The highest BCUT2D eigenvalue weighted by molar-refractivity contribution is 5.49. The Morgan fingerprint density at radius 2 is 1.32 bits per heavy atom. The lowest BCUT2D eigenvalue weighted by atomic mass is 9.93. The Hall–Kier alpha value is -3.67. The third-order valence-corrected chi connectivity index (χ3v) is 5.54. The molecule has 1 aliphatic rings. The lowest BCUT2D eigenvalue weighted by Gasteiger charge is -2.26. The van der Waals surface area contributed by atoms with E-state index in [-0.39, 0.29) is 5.56 Å². The molecule has 4 rings (SSSR count). The van der Waals surface area contributed by atoms with Crippen molar-refractivity contribution in [1.29, 1.82) is 0 Å². The van der Waals surface area contributed by atoms with E-state index in [1.54, 1.807) is 42.5 Å². The maximum Gasteiger partial charge on any atom is 0.433 e. The smallest absolute Gasteiger partial charge is 0.382 e. The Labute approximate surface area is 198 Å². The molecule has 1 atom stereocenters. The molecule has 0 bridgehead atoms. The third-order valence-electron chi connectivity index (χ3n) is 5.54. The first kappa shape index (κ1) is 25.0. The van der Waals surface area contributed by atoms with Crippen LogP contribution in [0.15, 0.2) is 84.9 Å². The normalized spacial score (nSPS) is 15.0. The predicted octanol–water partition coefficient (Wildman–Crippen LogP) is 6.51. The Bertz CT molecular complexity index is 1130. The van der Waals surface area contributed by atoms with Gasteiger partial charge in [-0.25, -0.2) is 0 Å². The molecule has 34 heavy (non-hydrogen) atoms. The lowest BCUT2D eigenvalue weighted by Crippen LogP contribution is -2.41. The van der Waals surface area contributed by atoms with Gasteiger partial charge in [-0.1, -0.05) is 73.2 Å². The monoisotopic (exact) mass is 461 g/mol. The second-order valence-corrected chi connectivity index (χ2v) is 8.04. The van der Waals surface area contributed by atoms with E-state index in [0.29, 0.717) is 11.6 Å². The van der Waals surface area contributed by atoms with Crippen molar-refractivity contribution in [3.05, 3.63) is 102 Å². The maximum absolute atomic E-state index is 13.6. The number of benzene rings is 3. The topological polar surface area (TPSA) is 32.3 Å². The average Bonchev–Trinajstić information content (AvgIpc) is 3.37. The van der Waals surface area contributed by atoms with Crippen molar-refractivity contribution in [1.82, 2.24) is 0 Å². The summed E-state index contributed by atoms with van der Waals surface area (Å²) in [7, 11) is 0. The van der Waals surface area contributed by atoms with Crippen molar-refractivity contribution in [2.75, 3.05) is 5.32 Å². The molecule has 1 saturated carbocycles. The molecule has 0 aliphatic heterocycles. The highest BCUT2D eigenvalue weighted by atomic mass is 19.4. The third kappa shape index (κ3) is 6.67. The molecule has 0 heterocycles. The van der Waals surface area contributed by atoms with Crippen LogP contribution in [0.25, 0.3) is 0 Å². The summed E-state index contributed by atoms with van der Waals surface area (Å²) in [5, 5.41) is 13.7. The van der Waals surface area contributed by atoms with Gasteiger partial charge in [0.2, 0.25) is 5.60 Å². The van der Waals surface area contributed by atoms with Crippen LogP contribution in [0.3, 0.4) is 0 Å². The second kappa shape index (κ2) is 11.5. The molecule has 2 nitrogen and oxygen atoms in total. The van der Waals surface area contributed by atoms with E-state index in [0.717, 1.165) is 24.1 Å². The minimum Gasteiger partial charge on any atom is -0.382 e. The van der Waals surface area contributed by atoms with Gasteiger partial charge in [0.25, 0.3) is 0 Å². The molecule has 1 fully saturated rings. The zero-order valence-corrected chi connectivity index (χ0v) is 18.6. The van der Waals surface area contributed by atoms with Crippen LogP contribution in [-0.2, 0) is 5.60 Å². The number of terminal acetylenes is 1. The SMILES string of the molecule is C#Cc1ccccc1.OC(C#Cc1ccccc1)(c1ccc(NC2CCCC2)cc1)C(F)(F)F. The van der Waals surface area contributed by atoms with Crippen molar-refractivity contribution < 1.29 is 18.3 Å². The number of anilines is 1. The number of aliphatic hydroxyl groups is 1. The lowest BCUT2D eigenvalue weighted by molar-refractivity contribution is -0.240. The molecule has 2 N–H and O–H groups in total. The van der Waals surface area contributed by atoms with E-state index in [1.807, 2.05) is 36.3 Å². The van der Waals surface area contributed by atoms with Crippen LogP contribution in [-0.4, -0.2) is 17.3 Å². The van der Waals surface area contributed by atoms with Crippen molar-refractivity contribution >= 4 is 5.69 Å². The Balaban J connectivity index is 0.000000343. The quantitative estimate of drug-likeness (QED) is 0.436. The number of nitrogens with one attached hydrogen (secondary N) is 1. The van der Waals surface area contributed by atoms with Crippen molar-refractivity contribution in [2.24, 2.45) is 0 Å². The molecular formula is C29H26F3NO. The molecule has 0 radical (unpaired) electrons. The van der Waals surface area contributed by atoms with Crippen molar-refractivity contribution in [2.45, 2.75) is 43.5 Å². The largest absolute Gasteiger partial charge is 0.433 e. The first-order valence-electron chi connectivity index (χ1n) is 11.1. The molecule has 5 heteroatoms. The number of hydrogen-bond donors (Lipinski definition) is 2. The minimum absolute atomic E-state index is 0.287. The second-order valence-electron chi connectivity index (χ2n) is 8.04. The molecule has 0 saturated heterocycles. The van der Waals surface area contributed by atoms with Crippen LogP contribution in [0, 0.1) is 24.2 Å². The minimum atomic E-state index is -4.91. The van der Waals surface area contributed by atoms with E-state index < -0.39 is 11.8 Å². The van der Waals surface area contributed by atoms with Gasteiger partial charge < -0.3 is 10.4 Å². The first-order valence-corrected chi connectivity index (χ1v) is 11.1. The van der Waals surface area contributed by atoms with E-state index in [4.69, 9.17) is 6.42 Å². The summed E-state index contributed by atoms with van der Waals surface area (Å²) in [6.45, 7) is 0. The zero-order chi connectivity index (χ0) is 24.4. The number of halogens is 3. The number of alkyl halides is 3. The van der Waals surface area contributed by atoms with Gasteiger partial charge in [-0.05, 0) is 55.2 Å². The van der Waals surface area contributed by atoms with Crippen LogP contribution in [0.4, 0.5) is 18.9 Å². The fourth-order valence-corrected chi connectivity index (χ4v) is 3.64. The summed E-state index contributed by atoms with van der Waals surface area (Å²) in [5.41, 5.74) is -1.40. The van der Waals surface area contributed by atoms with E-state index in [1.165, 1.54) is 25.0 Å². The van der Waals surface area contributed by atoms with E-state index >= 15 is 0 Å². The van der Waals surface area contributed by atoms with Gasteiger partial charge >= 0.3 is 6.18 Å². The Morgan fingerprint density at radius 1 is 0.794 bits per heavy atom. The fraction of sp³-hybridized carbons (Fsp3) is 0.241. The molecule has 0 aromatic heterocycles. The molecule has 0 spiro atoms. The standard InChI is InChI=1S/C21H20F3NO.C8H6/c22-21(23,24)20(26,15-14-16-6-2-1-3-7-16)17-10-12-19(13-11-17)25-18-8-4-5-9-18;1-2-8-6-4-3-5-7-8/h1-3,6-7,10-13,18,25-26H,4-5,8-9H2;1,3-7H. The van der Waals surface area contributed by atoms with Crippen LogP contribution in [0.5, 0.6) is 0 Å². The summed E-state index contributed by atoms with van der Waals surface area (Å²) < 4.78 is 40.7. The van der Waals surface area contributed by atoms with Gasteiger partial charge in [0.05, 0.1) is 0 Å². The molecule has 0 amide bonds. The summed E-state index contributed by atoms with van der Waals surface area (Å²) in [6.07, 6.45) is 4.66. The molecule has 3 aromatic rings. The van der Waals surface area contributed by atoms with Gasteiger partial charge in [-0.15, -0.1) is 6.42 Å². The fourth-order valence-electron chi connectivity index (χ4n) is 3.64. The highest BCUT2D eigenvalue weighted by Gasteiger charge is 2.54. The van der Waals surface area contributed by atoms with Crippen molar-refractivity contribution in [3.8, 4) is 24.2 Å². The average molecular weight is 462 g/mol. The number of rotatable bonds is 3. The van der Waals surface area contributed by atoms with Gasteiger partial charge in [-0.2, -0.15) is 13.2 Å². The molecule has 1 aliphatic carbocycles. The van der Waals surface area contributed by atoms with Crippen LogP contribution >= 0.6 is 0 Å². The molecule has 174 valence electrons. The van der Waals surface area contributed by atoms with E-state index in [2.05, 4.69) is 17.2 Å². The van der Waals surface area contributed by atoms with Gasteiger partial charge in [0.15, 0.2) is 0 Å². The number of hydrogen-bond acceptors (Lipinski definition) is 2. The summed E-state index contributed by atoms with van der Waals surface area (Å²) in [4.78, 5) is 0. The molecular weight excluding hydrogens is 435 g/mol. The maximum atomic E-state index is 13.6. The summed E-state index contributed by atoms with van der Waals surface area (Å²) in [5.74, 6) is 6.98. The van der Waals surface area contributed by atoms with Gasteiger partial charge in [0.1, 0.15) is 0 Å². The zero-order valence-electron chi connectivity index (χ0n) is 18.6. The summed E-state index contributed by atoms with van der Waals surface area (Å²) >= 11 is 0. The van der Waals surface area contributed by atoms with Crippen LogP contribution < -0.4 is 5.32 Å². The van der Waals surface area contributed by atoms with Gasteiger partial charge in [-0.3, -0.25) is 0 Å². The Kier molecular flexibility index (Phi) is 8.41. The highest BCUT2D eigenvalue weighted by Crippen LogP contribution is 2.39. The molecule has 3 aromatic carbocycles. The van der Waals surface area contributed by atoms with Crippen LogP contribution in [0.2, 0.25) is 0 Å². The Morgan fingerprint density at radius 3 is 1.79 bits per heavy atom. The molecule has 1 unspecified atom stereocenters. The predicted molar refractivity (Wildman–Crippen MR) is 130 cm³/mol. The summed E-state index contributed by atoms with van der Waals surface area (Å²) in [6, 6.07) is 24.0. The van der Waals surface area contributed by atoms with Crippen LogP contribution in [0.1, 0.15) is 42.4 Å².